The Labute approximate surface area is 143 Å². The fourth-order valence-corrected chi connectivity index (χ4v) is 2.46. The van der Waals surface area contributed by atoms with Gasteiger partial charge in [-0.05, 0) is 30.5 Å². The van der Waals surface area contributed by atoms with Crippen molar-refractivity contribution in [1.29, 1.82) is 0 Å². The van der Waals surface area contributed by atoms with Gasteiger partial charge in [0.05, 0.1) is 19.4 Å². The van der Waals surface area contributed by atoms with Crippen molar-refractivity contribution >= 4 is 0 Å². The summed E-state index contributed by atoms with van der Waals surface area (Å²) in [6.45, 7) is 1.11. The fraction of sp³-hybridized carbons (Fsp3) is 0.647. The van der Waals surface area contributed by atoms with Crippen LogP contribution in [0.1, 0.15) is 49.9 Å². The van der Waals surface area contributed by atoms with Crippen LogP contribution in [0.4, 0.5) is 0 Å². The normalized spacial score (nSPS) is 15.2. The van der Waals surface area contributed by atoms with Crippen molar-refractivity contribution in [2.75, 3.05) is 13.2 Å². The van der Waals surface area contributed by atoms with Crippen molar-refractivity contribution in [3.8, 4) is 5.75 Å². The maximum absolute atomic E-state index is 10.1. The molecule has 0 aliphatic carbocycles. The minimum atomic E-state index is -1.24. The van der Waals surface area contributed by atoms with E-state index in [2.05, 4.69) is 17.6 Å². The summed E-state index contributed by atoms with van der Waals surface area (Å²) in [4.78, 5) is 0. The molecule has 2 atom stereocenters. The predicted octanol–water partition coefficient (Wildman–Crippen LogP) is 0.314. The number of aryl methyl sites for hydroxylation is 1. The first-order chi connectivity index (χ1) is 11.5. The molecule has 138 valence electrons. The van der Waals surface area contributed by atoms with E-state index in [1.165, 1.54) is 6.42 Å². The van der Waals surface area contributed by atoms with Crippen LogP contribution in [0, 0.1) is 0 Å². The second-order valence-electron chi connectivity index (χ2n) is 5.87. The maximum Gasteiger partial charge on any atom is 0.129 e. The van der Waals surface area contributed by atoms with Gasteiger partial charge in [0.2, 0.25) is 0 Å². The van der Waals surface area contributed by atoms with Crippen LogP contribution in [0.15, 0.2) is 18.2 Å². The van der Waals surface area contributed by atoms with Crippen molar-refractivity contribution < 1.29 is 25.5 Å². The molecule has 1 aromatic carbocycles. The van der Waals surface area contributed by atoms with Gasteiger partial charge in [-0.3, -0.25) is 10.6 Å². The average molecular weight is 342 g/mol. The van der Waals surface area contributed by atoms with Crippen molar-refractivity contribution in [3.63, 3.8) is 0 Å². The monoisotopic (exact) mass is 342 g/mol. The smallest absolute Gasteiger partial charge is 0.129 e. The molecule has 0 aromatic heterocycles. The lowest BCUT2D eigenvalue weighted by Crippen LogP contribution is -2.47. The van der Waals surface area contributed by atoms with E-state index in [1.807, 2.05) is 6.07 Å². The van der Waals surface area contributed by atoms with Gasteiger partial charge in [0.25, 0.3) is 0 Å². The van der Waals surface area contributed by atoms with Gasteiger partial charge in [0.1, 0.15) is 18.2 Å². The van der Waals surface area contributed by atoms with Crippen LogP contribution in [0.25, 0.3) is 0 Å². The number of aliphatic hydroxyl groups excluding tert-OH is 4. The first-order valence-corrected chi connectivity index (χ1v) is 8.43. The second-order valence-corrected chi connectivity index (χ2v) is 5.87. The molecule has 0 spiro atoms. The number of hydrogen-bond donors (Lipinski definition) is 7. The summed E-state index contributed by atoms with van der Waals surface area (Å²) in [6.07, 6.45) is 2.09. The zero-order chi connectivity index (χ0) is 17.9. The molecule has 2 unspecified atom stereocenters. The summed E-state index contributed by atoms with van der Waals surface area (Å²) in [5.74, 6) is -0.00686. The maximum atomic E-state index is 10.1. The Morgan fingerprint density at radius 3 is 2.12 bits per heavy atom. The van der Waals surface area contributed by atoms with Crippen LogP contribution in [0.3, 0.4) is 0 Å². The zero-order valence-corrected chi connectivity index (χ0v) is 14.1. The number of benzene rings is 1. The summed E-state index contributed by atoms with van der Waals surface area (Å²) in [7, 11) is 0. The molecule has 0 radical (unpaired) electrons. The van der Waals surface area contributed by atoms with E-state index < -0.39 is 31.8 Å². The van der Waals surface area contributed by atoms with E-state index in [9.17, 15) is 15.3 Å². The van der Waals surface area contributed by atoms with Crippen LogP contribution >= 0.6 is 0 Å². The Balaban J connectivity index is 2.89. The minimum Gasteiger partial charge on any atom is -0.508 e. The lowest BCUT2D eigenvalue weighted by Gasteiger charge is -2.26. The van der Waals surface area contributed by atoms with Gasteiger partial charge in [-0.25, -0.2) is 0 Å². The minimum absolute atomic E-state index is 0.00686. The van der Waals surface area contributed by atoms with Gasteiger partial charge in [-0.15, -0.1) is 0 Å². The molecule has 0 amide bonds. The molecule has 1 rings (SSSR count). The first kappa shape index (κ1) is 20.8. The Morgan fingerprint density at radius 2 is 1.58 bits per heavy atom. The Kier molecular flexibility index (Phi) is 9.85. The molecule has 7 nitrogen and oxygen atoms in total. The zero-order valence-electron chi connectivity index (χ0n) is 14.1. The molecule has 0 heterocycles. The highest BCUT2D eigenvalue weighted by atomic mass is 16.3. The SMILES string of the molecule is CCCCCCc1ccc(O)c(C(NC(O)CO)NC(O)CO)c1. The summed E-state index contributed by atoms with van der Waals surface area (Å²) in [6, 6.07) is 5.20. The Hall–Kier alpha value is -1.22. The van der Waals surface area contributed by atoms with E-state index in [0.717, 1.165) is 31.2 Å². The molecule has 0 aliphatic rings. The summed E-state index contributed by atoms with van der Waals surface area (Å²) < 4.78 is 0. The highest BCUT2D eigenvalue weighted by Crippen LogP contribution is 2.25. The first-order valence-electron chi connectivity index (χ1n) is 8.43. The number of aliphatic hydroxyl groups is 4. The van der Waals surface area contributed by atoms with Gasteiger partial charge in [-0.1, -0.05) is 32.3 Å². The quantitative estimate of drug-likeness (QED) is 0.215. The lowest BCUT2D eigenvalue weighted by molar-refractivity contribution is 0.0206. The van der Waals surface area contributed by atoms with E-state index in [1.54, 1.807) is 12.1 Å². The van der Waals surface area contributed by atoms with Gasteiger partial charge in [0, 0.05) is 5.56 Å². The van der Waals surface area contributed by atoms with E-state index >= 15 is 0 Å². The van der Waals surface area contributed by atoms with Crippen molar-refractivity contribution in [2.24, 2.45) is 0 Å². The third kappa shape index (κ3) is 7.12. The largest absolute Gasteiger partial charge is 0.508 e. The van der Waals surface area contributed by atoms with Crippen LogP contribution in [-0.2, 0) is 6.42 Å². The molecule has 24 heavy (non-hydrogen) atoms. The second kappa shape index (κ2) is 11.4. The predicted molar refractivity (Wildman–Crippen MR) is 91.2 cm³/mol. The van der Waals surface area contributed by atoms with Gasteiger partial charge >= 0.3 is 0 Å². The number of aromatic hydroxyl groups is 1. The molecular weight excluding hydrogens is 312 g/mol. The van der Waals surface area contributed by atoms with Gasteiger partial charge in [-0.2, -0.15) is 0 Å². The summed E-state index contributed by atoms with van der Waals surface area (Å²) in [5, 5.41) is 52.6. The Morgan fingerprint density at radius 1 is 0.958 bits per heavy atom. The molecule has 0 saturated carbocycles. The van der Waals surface area contributed by atoms with Gasteiger partial charge in [0.15, 0.2) is 0 Å². The average Bonchev–Trinajstić information content (AvgIpc) is 2.59. The van der Waals surface area contributed by atoms with Crippen LogP contribution in [0.5, 0.6) is 5.75 Å². The van der Waals surface area contributed by atoms with Crippen LogP contribution < -0.4 is 10.6 Å². The van der Waals surface area contributed by atoms with E-state index in [-0.39, 0.29) is 5.75 Å². The molecule has 0 bridgehead atoms. The third-order valence-electron chi connectivity index (χ3n) is 3.79. The number of phenolic OH excluding ortho intramolecular Hbond substituents is 1. The van der Waals surface area contributed by atoms with Crippen molar-refractivity contribution in [2.45, 2.75) is 57.6 Å². The number of rotatable bonds is 12. The van der Waals surface area contributed by atoms with Crippen molar-refractivity contribution in [1.82, 2.24) is 10.6 Å². The molecule has 0 fully saturated rings. The van der Waals surface area contributed by atoms with E-state index in [4.69, 9.17) is 10.2 Å². The number of hydrogen-bond acceptors (Lipinski definition) is 7. The molecule has 1 aromatic rings. The summed E-state index contributed by atoms with van der Waals surface area (Å²) in [5.41, 5.74) is 1.47. The number of phenols is 1. The standard InChI is InChI=1S/C17H30N2O5/c1-2-3-4-5-6-12-7-8-14(22)13(9-12)17(18-15(23)10-20)19-16(24)11-21/h7-9,15-24H,2-6,10-11H2,1H3. The lowest BCUT2D eigenvalue weighted by atomic mass is 10.0. The summed E-state index contributed by atoms with van der Waals surface area (Å²) >= 11 is 0. The van der Waals surface area contributed by atoms with Gasteiger partial charge < -0.3 is 25.5 Å². The molecule has 7 N–H and O–H groups in total. The fourth-order valence-electron chi connectivity index (χ4n) is 2.46. The number of unbranched alkanes of at least 4 members (excludes halogenated alkanes) is 3. The van der Waals surface area contributed by atoms with Crippen LogP contribution in [-0.4, -0.2) is 51.2 Å². The molecule has 7 heteroatoms. The molecule has 0 aliphatic heterocycles. The van der Waals surface area contributed by atoms with Crippen LogP contribution in [0.2, 0.25) is 0 Å². The molecule has 0 saturated heterocycles. The Bertz CT molecular complexity index is 460. The molecular formula is C17H30N2O5. The topological polar surface area (TPSA) is 125 Å². The van der Waals surface area contributed by atoms with E-state index in [0.29, 0.717) is 5.56 Å². The third-order valence-corrected chi connectivity index (χ3v) is 3.79. The number of nitrogens with one attached hydrogen (secondary N) is 2. The highest BCUT2D eigenvalue weighted by molar-refractivity contribution is 5.38. The van der Waals surface area contributed by atoms with Crippen molar-refractivity contribution in [3.05, 3.63) is 29.3 Å². The highest BCUT2D eigenvalue weighted by Gasteiger charge is 2.20.